The van der Waals surface area contributed by atoms with Crippen LogP contribution in [0.25, 0.3) is 27.5 Å². The Balaban J connectivity index is 1.16. The van der Waals surface area contributed by atoms with E-state index < -0.39 is 50.7 Å². The maximum atomic E-state index is 14.0. The average Bonchev–Trinajstić information content (AvgIpc) is 3.09. The van der Waals surface area contributed by atoms with E-state index in [-0.39, 0.29) is 17.2 Å². The smallest absolute Gasteiger partial charge is 0.265 e. The molecule has 3 aliphatic carbocycles. The Morgan fingerprint density at radius 2 is 1.37 bits per heavy atom. The molecule has 0 spiro atoms. The van der Waals surface area contributed by atoms with Gasteiger partial charge in [-0.3, -0.25) is 24.1 Å². The minimum atomic E-state index is -3.92. The van der Waals surface area contributed by atoms with Gasteiger partial charge < -0.3 is 0 Å². The van der Waals surface area contributed by atoms with Gasteiger partial charge in [0.1, 0.15) is 11.0 Å². The molecule has 0 fully saturated rings. The van der Waals surface area contributed by atoms with Crippen LogP contribution in [-0.4, -0.2) is 47.2 Å². The van der Waals surface area contributed by atoms with Crippen molar-refractivity contribution in [1.82, 2.24) is 4.90 Å². The second kappa shape index (κ2) is 10.1. The van der Waals surface area contributed by atoms with Crippen molar-refractivity contribution in [3.8, 4) is 11.1 Å². The van der Waals surface area contributed by atoms with E-state index in [0.29, 0.717) is 50.2 Å². The Morgan fingerprint density at radius 1 is 0.714 bits per heavy atom. The summed E-state index contributed by atoms with van der Waals surface area (Å²) in [5.74, 6) is -2.13. The van der Waals surface area contributed by atoms with Crippen molar-refractivity contribution in [3.05, 3.63) is 123 Å². The number of rotatable bonds is 4. The van der Waals surface area contributed by atoms with Gasteiger partial charge in [-0.1, -0.05) is 36.4 Å². The monoisotopic (exact) mass is 688 g/mol. The third-order valence-corrected chi connectivity index (χ3v) is 11.8. The predicted octanol–water partition coefficient (Wildman–Crippen LogP) is 4.00. The fourth-order valence-electron chi connectivity index (χ4n) is 7.95. The third-order valence-electron chi connectivity index (χ3n) is 10.1. The minimum Gasteiger partial charge on any atom is -0.269 e. The molecule has 0 radical (unpaired) electrons. The number of anilines is 1. The average molecular weight is 689 g/mol. The molecular weight excluding hydrogens is 665 g/mol. The number of hydrogen-bond acceptors (Lipinski definition) is 7. The fourth-order valence-corrected chi connectivity index (χ4v) is 8.95. The molecule has 4 aromatic rings. The molecule has 11 nitrogen and oxygen atoms in total. The van der Waals surface area contributed by atoms with Gasteiger partial charge in [0.15, 0.2) is 0 Å². The molecular formula is C36H24N4O7S2. The number of fused-ring (bicyclic) bond motifs is 2. The van der Waals surface area contributed by atoms with Gasteiger partial charge in [-0.25, -0.2) is 27.8 Å². The van der Waals surface area contributed by atoms with Crippen molar-refractivity contribution in [1.29, 1.82) is 0 Å². The van der Waals surface area contributed by atoms with E-state index in [1.807, 2.05) is 24.3 Å². The lowest BCUT2D eigenvalue weighted by molar-refractivity contribution is -0.124. The summed E-state index contributed by atoms with van der Waals surface area (Å²) in [6, 6.07) is 16.2. The normalized spacial score (nSPS) is 21.1. The number of nitrogens with two attached hydrogens (primary N) is 2. The van der Waals surface area contributed by atoms with E-state index in [4.69, 9.17) is 10.3 Å². The summed E-state index contributed by atoms with van der Waals surface area (Å²) < 4.78 is 35.3. The number of carbonyl (C=O) groups excluding carboxylic acids is 4. The van der Waals surface area contributed by atoms with Crippen molar-refractivity contribution in [2.75, 3.05) is 4.90 Å². The zero-order chi connectivity index (χ0) is 34.1. The third kappa shape index (κ3) is 4.01. The van der Waals surface area contributed by atoms with Crippen molar-refractivity contribution in [3.63, 3.8) is 0 Å². The number of sulfonamides is 1. The van der Waals surface area contributed by atoms with Gasteiger partial charge in [-0.15, -0.1) is 0 Å². The van der Waals surface area contributed by atoms with Gasteiger partial charge in [0.25, 0.3) is 23.6 Å². The molecule has 9 rings (SSSR count). The molecule has 3 unspecified atom stereocenters. The first-order valence-corrected chi connectivity index (χ1v) is 18.1. The molecule has 4 amide bonds. The van der Waals surface area contributed by atoms with Crippen LogP contribution in [0.2, 0.25) is 0 Å². The van der Waals surface area contributed by atoms with Crippen LogP contribution in [0.1, 0.15) is 66.5 Å². The Labute approximate surface area is 281 Å². The minimum absolute atomic E-state index is 0.0651. The summed E-state index contributed by atoms with van der Waals surface area (Å²) in [4.78, 5) is 58.5. The molecule has 4 N–H and O–H groups in total. The van der Waals surface area contributed by atoms with Crippen LogP contribution in [0.15, 0.2) is 94.8 Å². The van der Waals surface area contributed by atoms with Gasteiger partial charge in [-0.05, 0) is 89.0 Å². The van der Waals surface area contributed by atoms with E-state index in [2.05, 4.69) is 0 Å². The number of benzene rings is 4. The highest BCUT2D eigenvalue weighted by molar-refractivity contribution is 7.93. The number of nitrogens with zero attached hydrogens (tertiary/aromatic N) is 2. The van der Waals surface area contributed by atoms with E-state index in [1.54, 1.807) is 30.3 Å². The molecule has 0 bridgehead atoms. The number of hydrogen-bond donors (Lipinski definition) is 2. The van der Waals surface area contributed by atoms with Gasteiger partial charge >= 0.3 is 0 Å². The second-order valence-electron chi connectivity index (χ2n) is 12.5. The van der Waals surface area contributed by atoms with Gasteiger partial charge in [0, 0.05) is 39.1 Å². The number of imide groups is 2. The maximum absolute atomic E-state index is 14.0. The van der Waals surface area contributed by atoms with Crippen LogP contribution >= 0.6 is 0 Å². The van der Waals surface area contributed by atoms with Crippen LogP contribution in [-0.2, 0) is 25.8 Å². The Bertz CT molecular complexity index is 2530. The Morgan fingerprint density at radius 3 is 2.02 bits per heavy atom. The zero-order valence-corrected chi connectivity index (χ0v) is 27.0. The van der Waals surface area contributed by atoms with E-state index >= 15 is 0 Å². The van der Waals surface area contributed by atoms with Gasteiger partial charge in [0.2, 0.25) is 10.0 Å². The number of allylic oxidation sites excluding steroid dienone is 2. The molecule has 2 heterocycles. The predicted molar refractivity (Wildman–Crippen MR) is 182 cm³/mol. The molecule has 2 aliphatic heterocycles. The van der Waals surface area contributed by atoms with Crippen LogP contribution in [0.3, 0.4) is 0 Å². The molecule has 49 heavy (non-hydrogen) atoms. The van der Waals surface area contributed by atoms with E-state index in [9.17, 15) is 31.8 Å². The molecule has 5 aliphatic rings. The Hall–Kier alpha value is -5.34. The molecule has 0 saturated carbocycles. The van der Waals surface area contributed by atoms with Crippen LogP contribution < -0.4 is 15.2 Å². The lowest BCUT2D eigenvalue weighted by atomic mass is 9.67. The Kier molecular flexibility index (Phi) is 6.13. The highest BCUT2D eigenvalue weighted by Gasteiger charge is 2.45. The van der Waals surface area contributed by atoms with Crippen molar-refractivity contribution in [2.24, 2.45) is 10.3 Å². The maximum Gasteiger partial charge on any atom is 0.265 e. The van der Waals surface area contributed by atoms with Crippen molar-refractivity contribution in [2.45, 2.75) is 29.7 Å². The SMILES string of the molecule is NS(=O)c1ccc(N2C(=O)c3ccc4c5c(ccc(c35)C2=O)C2CC=C3C(=O)N(C5C=CC(S(N)(=O)=O)=CC5)C(=O)c5ccc-4c2c53)cc1. The summed E-state index contributed by atoms with van der Waals surface area (Å²) in [7, 11) is -5.63. The number of carbonyl (C=O) groups is 4. The van der Waals surface area contributed by atoms with Crippen LogP contribution in [0.5, 0.6) is 0 Å². The van der Waals surface area contributed by atoms with E-state index in [0.717, 1.165) is 32.5 Å². The highest BCUT2D eigenvalue weighted by Crippen LogP contribution is 2.55. The van der Waals surface area contributed by atoms with Crippen LogP contribution in [0, 0.1) is 0 Å². The van der Waals surface area contributed by atoms with Crippen molar-refractivity contribution >= 4 is 66.7 Å². The molecule has 3 atom stereocenters. The lowest BCUT2D eigenvalue weighted by Gasteiger charge is -2.40. The summed E-state index contributed by atoms with van der Waals surface area (Å²) >= 11 is 0. The molecule has 4 aromatic carbocycles. The summed E-state index contributed by atoms with van der Waals surface area (Å²) in [6.07, 6.45) is 6.66. The molecule has 242 valence electrons. The molecule has 13 heteroatoms. The van der Waals surface area contributed by atoms with Gasteiger partial charge in [0.05, 0.1) is 21.5 Å². The first-order chi connectivity index (χ1) is 23.5. The first kappa shape index (κ1) is 29.8. The highest BCUT2D eigenvalue weighted by atomic mass is 32.2. The fraction of sp³-hybridized carbons (Fsp3) is 0.111. The quantitative estimate of drug-likeness (QED) is 0.304. The summed E-state index contributed by atoms with van der Waals surface area (Å²) in [6.45, 7) is 0. The molecule has 0 aromatic heterocycles. The first-order valence-electron chi connectivity index (χ1n) is 15.4. The second-order valence-corrected chi connectivity index (χ2v) is 15.1. The number of primary sulfonamides is 1. The topological polar surface area (TPSA) is 178 Å². The largest absolute Gasteiger partial charge is 0.269 e. The number of amides is 4. The lowest BCUT2D eigenvalue weighted by Crippen LogP contribution is -2.48. The van der Waals surface area contributed by atoms with Crippen molar-refractivity contribution < 1.29 is 31.8 Å². The zero-order valence-electron chi connectivity index (χ0n) is 25.4. The molecule has 0 saturated heterocycles. The van der Waals surface area contributed by atoms with E-state index in [1.165, 1.54) is 35.3 Å². The van der Waals surface area contributed by atoms with Crippen LogP contribution in [0.4, 0.5) is 5.69 Å². The standard InChI is InChI=1S/C36H24N4O7S2/c37-48(45)19-5-1-17(2-6-19)39-33(41)25-13-9-21-23-11-15-27-32-28(36(44)40(35(27)43)18-3-7-20(8-4-18)49(38,46)47)16-12-24(30(23)32)22-10-14-26(34(39)42)31(25)29(21)22/h1-3,5-11,13-16,18,24H,4,12,37H2,(H2,38,46,47). The van der Waals surface area contributed by atoms with Gasteiger partial charge in [-0.2, -0.15) is 0 Å². The summed E-state index contributed by atoms with van der Waals surface area (Å²) in [5, 5.41) is 12.1. The summed E-state index contributed by atoms with van der Waals surface area (Å²) in [5.41, 5.74) is 5.83.